The van der Waals surface area contributed by atoms with Crippen LogP contribution in [0.4, 0.5) is 14.5 Å². The number of benzene rings is 1. The number of anilines is 1. The van der Waals surface area contributed by atoms with Gasteiger partial charge in [-0.1, -0.05) is 0 Å². The summed E-state index contributed by atoms with van der Waals surface area (Å²) >= 11 is 1.56. The minimum Gasteiger partial charge on any atom is -0.322 e. The van der Waals surface area contributed by atoms with Crippen LogP contribution in [0, 0.1) is 29.1 Å². The van der Waals surface area contributed by atoms with Gasteiger partial charge in [0.2, 0.25) is 0 Å². The molecule has 0 unspecified atom stereocenters. The van der Waals surface area contributed by atoms with Crippen molar-refractivity contribution in [3.05, 3.63) is 56.6 Å². The molecular weight excluding hydrogens is 417 g/mol. The molecule has 1 amide bonds. The first-order valence-electron chi connectivity index (χ1n) is 6.64. The highest BCUT2D eigenvalue weighted by Gasteiger charge is 2.17. The molecule has 0 fully saturated rings. The molecule has 3 aromatic rings. The molecule has 0 bridgehead atoms. The van der Waals surface area contributed by atoms with E-state index in [1.165, 1.54) is 10.7 Å². The van der Waals surface area contributed by atoms with Gasteiger partial charge in [0.1, 0.15) is 17.2 Å². The van der Waals surface area contributed by atoms with Crippen LogP contribution in [0.3, 0.4) is 0 Å². The summed E-state index contributed by atoms with van der Waals surface area (Å²) in [5.74, 6) is -1.99. The third-order valence-corrected chi connectivity index (χ3v) is 4.29. The number of fused-ring (bicyclic) bond motifs is 1. The predicted octanol–water partition coefficient (Wildman–Crippen LogP) is 3.48. The Bertz CT molecular complexity index is 916. The first-order chi connectivity index (χ1) is 10.9. The zero-order chi connectivity index (χ0) is 16.7. The Balaban J connectivity index is 1.98. The fourth-order valence-electron chi connectivity index (χ4n) is 2.26. The Kier molecular flexibility index (Phi) is 4.00. The van der Waals surface area contributed by atoms with Crippen LogP contribution in [-0.4, -0.2) is 20.5 Å². The smallest absolute Gasteiger partial charge is 0.261 e. The summed E-state index contributed by atoms with van der Waals surface area (Å²) in [6, 6.07) is 3.97. The van der Waals surface area contributed by atoms with E-state index in [9.17, 15) is 13.6 Å². The number of nitrogens with one attached hydrogen (secondary N) is 1. The summed E-state index contributed by atoms with van der Waals surface area (Å²) < 4.78 is 28.5. The maximum atomic E-state index is 13.6. The van der Waals surface area contributed by atoms with E-state index in [1.807, 2.05) is 19.9 Å². The van der Waals surface area contributed by atoms with Gasteiger partial charge in [-0.2, -0.15) is 5.10 Å². The Morgan fingerprint density at radius 1 is 1.22 bits per heavy atom. The van der Waals surface area contributed by atoms with E-state index in [0.29, 0.717) is 5.65 Å². The highest BCUT2D eigenvalue weighted by Crippen LogP contribution is 2.21. The summed E-state index contributed by atoms with van der Waals surface area (Å²) in [5, 5.41) is 6.58. The number of hydrogen-bond donors (Lipinski definition) is 1. The first-order valence-corrected chi connectivity index (χ1v) is 7.72. The molecule has 0 saturated carbocycles. The fourth-order valence-corrected chi connectivity index (χ4v) is 2.57. The summed E-state index contributed by atoms with van der Waals surface area (Å²) in [6.07, 6.45) is 1.38. The van der Waals surface area contributed by atoms with Crippen molar-refractivity contribution in [3.63, 3.8) is 0 Å². The fraction of sp³-hybridized carbons (Fsp3) is 0.133. The quantitative estimate of drug-likeness (QED) is 0.503. The summed E-state index contributed by atoms with van der Waals surface area (Å²) in [5.41, 5.74) is 2.24. The van der Waals surface area contributed by atoms with Crippen molar-refractivity contribution in [1.29, 1.82) is 0 Å². The van der Waals surface area contributed by atoms with Crippen LogP contribution >= 0.6 is 22.6 Å². The van der Waals surface area contributed by atoms with Crippen LogP contribution in [0.25, 0.3) is 5.65 Å². The van der Waals surface area contributed by atoms with Gasteiger partial charge in [-0.3, -0.25) is 4.79 Å². The van der Waals surface area contributed by atoms with E-state index in [1.54, 1.807) is 22.6 Å². The van der Waals surface area contributed by atoms with Gasteiger partial charge >= 0.3 is 0 Å². The SMILES string of the molecule is Cc1cc(C)n2ncc(C(=O)Nc3cc(F)c(I)c(F)c3)c2n1. The minimum atomic E-state index is -0.731. The van der Waals surface area contributed by atoms with Crippen molar-refractivity contribution in [2.24, 2.45) is 0 Å². The van der Waals surface area contributed by atoms with Gasteiger partial charge in [0, 0.05) is 17.1 Å². The Labute approximate surface area is 143 Å². The number of amides is 1. The average molecular weight is 428 g/mol. The van der Waals surface area contributed by atoms with Crippen molar-refractivity contribution >= 4 is 39.8 Å². The van der Waals surface area contributed by atoms with E-state index in [2.05, 4.69) is 15.4 Å². The molecule has 3 rings (SSSR count). The number of carbonyl (C=O) groups excluding carboxylic acids is 1. The van der Waals surface area contributed by atoms with Gasteiger partial charge in [-0.25, -0.2) is 18.3 Å². The third kappa shape index (κ3) is 2.90. The highest BCUT2D eigenvalue weighted by molar-refractivity contribution is 14.1. The van der Waals surface area contributed by atoms with Crippen LogP contribution in [0.15, 0.2) is 24.4 Å². The van der Waals surface area contributed by atoms with Crippen molar-refractivity contribution in [2.45, 2.75) is 13.8 Å². The highest BCUT2D eigenvalue weighted by atomic mass is 127. The minimum absolute atomic E-state index is 0.0362. The second-order valence-corrected chi connectivity index (χ2v) is 6.12. The zero-order valence-corrected chi connectivity index (χ0v) is 14.4. The maximum Gasteiger partial charge on any atom is 0.261 e. The number of halogens is 3. The number of hydrogen-bond acceptors (Lipinski definition) is 3. The lowest BCUT2D eigenvalue weighted by Crippen LogP contribution is -2.13. The Morgan fingerprint density at radius 3 is 2.52 bits per heavy atom. The number of aryl methyl sites for hydroxylation is 2. The standard InChI is InChI=1S/C15H11F2IN4O/c1-7-3-8(2)22-14(20-7)10(6-19-22)15(23)21-9-4-11(16)13(18)12(17)5-9/h3-6H,1-2H3,(H,21,23). The molecule has 0 spiro atoms. The average Bonchev–Trinajstić information content (AvgIpc) is 2.88. The van der Waals surface area contributed by atoms with Crippen molar-refractivity contribution < 1.29 is 13.6 Å². The molecule has 0 aliphatic carbocycles. The lowest BCUT2D eigenvalue weighted by atomic mass is 10.2. The van der Waals surface area contributed by atoms with Gasteiger partial charge in [0.05, 0.1) is 9.77 Å². The number of carbonyl (C=O) groups is 1. The second kappa shape index (κ2) is 5.84. The molecule has 23 heavy (non-hydrogen) atoms. The van der Waals surface area contributed by atoms with Crippen LogP contribution in [0.2, 0.25) is 0 Å². The molecule has 118 valence electrons. The van der Waals surface area contributed by atoms with Crippen LogP contribution in [-0.2, 0) is 0 Å². The second-order valence-electron chi connectivity index (χ2n) is 5.04. The predicted molar refractivity (Wildman–Crippen MR) is 89.5 cm³/mol. The lowest BCUT2D eigenvalue weighted by molar-refractivity contribution is 0.102. The molecule has 0 atom stereocenters. The van der Waals surface area contributed by atoms with Crippen LogP contribution < -0.4 is 5.32 Å². The molecule has 1 aromatic carbocycles. The van der Waals surface area contributed by atoms with Gasteiger partial charge in [-0.05, 0) is 54.6 Å². The van der Waals surface area contributed by atoms with Gasteiger partial charge in [-0.15, -0.1) is 0 Å². The molecule has 0 aliphatic heterocycles. The van der Waals surface area contributed by atoms with Gasteiger partial charge < -0.3 is 5.32 Å². The zero-order valence-electron chi connectivity index (χ0n) is 12.2. The van der Waals surface area contributed by atoms with E-state index in [4.69, 9.17) is 0 Å². The molecule has 0 radical (unpaired) electrons. The summed E-state index contributed by atoms with van der Waals surface area (Å²) in [6.45, 7) is 3.66. The molecule has 5 nitrogen and oxygen atoms in total. The van der Waals surface area contributed by atoms with E-state index < -0.39 is 17.5 Å². The molecular formula is C15H11F2IN4O. The molecule has 2 heterocycles. The number of nitrogens with zero attached hydrogens (tertiary/aromatic N) is 3. The largest absolute Gasteiger partial charge is 0.322 e. The van der Waals surface area contributed by atoms with E-state index >= 15 is 0 Å². The summed E-state index contributed by atoms with van der Waals surface area (Å²) in [7, 11) is 0. The van der Waals surface area contributed by atoms with Crippen LogP contribution in [0.1, 0.15) is 21.7 Å². The van der Waals surface area contributed by atoms with Gasteiger partial charge in [0.15, 0.2) is 5.65 Å². The molecule has 0 saturated heterocycles. The molecule has 8 heteroatoms. The van der Waals surface area contributed by atoms with Crippen molar-refractivity contribution in [1.82, 2.24) is 14.6 Å². The third-order valence-electron chi connectivity index (χ3n) is 3.26. The molecule has 0 aliphatic rings. The first kappa shape index (κ1) is 15.8. The molecule has 2 aromatic heterocycles. The Hall–Kier alpha value is -2.10. The topological polar surface area (TPSA) is 59.3 Å². The lowest BCUT2D eigenvalue weighted by Gasteiger charge is -2.06. The molecule has 1 N–H and O–H groups in total. The Morgan fingerprint density at radius 2 is 1.87 bits per heavy atom. The van der Waals surface area contributed by atoms with Gasteiger partial charge in [0.25, 0.3) is 5.91 Å². The normalized spacial score (nSPS) is 11.0. The van der Waals surface area contributed by atoms with Crippen molar-refractivity contribution in [3.8, 4) is 0 Å². The van der Waals surface area contributed by atoms with E-state index in [0.717, 1.165) is 23.5 Å². The van der Waals surface area contributed by atoms with E-state index in [-0.39, 0.29) is 14.8 Å². The maximum absolute atomic E-state index is 13.6. The number of rotatable bonds is 2. The monoisotopic (exact) mass is 428 g/mol. The van der Waals surface area contributed by atoms with Crippen LogP contribution in [0.5, 0.6) is 0 Å². The number of aromatic nitrogens is 3. The summed E-state index contributed by atoms with van der Waals surface area (Å²) in [4.78, 5) is 16.7. The van der Waals surface area contributed by atoms with Crippen molar-refractivity contribution in [2.75, 3.05) is 5.32 Å².